The molecule has 32 heavy (non-hydrogen) atoms. The van der Waals surface area contributed by atoms with Gasteiger partial charge in [-0.1, -0.05) is 41.9 Å². The summed E-state index contributed by atoms with van der Waals surface area (Å²) in [5.74, 6) is -0.172. The molecule has 2 aromatic heterocycles. The van der Waals surface area contributed by atoms with Crippen molar-refractivity contribution in [3.05, 3.63) is 53.3 Å². The molecule has 8 heteroatoms. The van der Waals surface area contributed by atoms with E-state index in [1.807, 2.05) is 30.3 Å². The minimum absolute atomic E-state index is 0.183. The second-order valence-corrected chi connectivity index (χ2v) is 9.55. The Morgan fingerprint density at radius 3 is 2.19 bits per heavy atom. The summed E-state index contributed by atoms with van der Waals surface area (Å²) in [5.41, 5.74) is 0.0138. The Hall–Kier alpha value is -3.19. The monoisotopic (exact) mass is 455 g/mol. The highest BCUT2D eigenvalue weighted by molar-refractivity contribution is 6.34. The van der Waals surface area contributed by atoms with Crippen LogP contribution in [-0.2, 0) is 14.3 Å². The van der Waals surface area contributed by atoms with Gasteiger partial charge in [-0.15, -0.1) is 0 Å². The van der Waals surface area contributed by atoms with Crippen LogP contribution in [0.4, 0.5) is 4.79 Å². The zero-order valence-corrected chi connectivity index (χ0v) is 19.7. The number of benzene rings is 1. The fourth-order valence-electron chi connectivity index (χ4n) is 2.89. The Labute approximate surface area is 192 Å². The zero-order valence-electron chi connectivity index (χ0n) is 19.0. The van der Waals surface area contributed by atoms with E-state index in [1.165, 1.54) is 16.7 Å². The molecule has 7 nitrogen and oxygen atoms in total. The first kappa shape index (κ1) is 23.5. The van der Waals surface area contributed by atoms with E-state index >= 15 is 0 Å². The van der Waals surface area contributed by atoms with Crippen molar-refractivity contribution in [1.82, 2.24) is 14.5 Å². The van der Waals surface area contributed by atoms with E-state index in [1.54, 1.807) is 47.6 Å². The molecule has 0 amide bonds. The molecule has 1 aromatic carbocycles. The summed E-state index contributed by atoms with van der Waals surface area (Å²) in [6.45, 7) is 10.6. The van der Waals surface area contributed by atoms with Gasteiger partial charge in [0.25, 0.3) is 0 Å². The lowest BCUT2D eigenvalue weighted by atomic mass is 10.2. The van der Waals surface area contributed by atoms with Crippen LogP contribution in [0.1, 0.15) is 47.2 Å². The molecular formula is C24H26ClN3O4. The summed E-state index contributed by atoms with van der Waals surface area (Å²) in [5, 5.41) is 0.643. The Morgan fingerprint density at radius 1 is 0.969 bits per heavy atom. The van der Waals surface area contributed by atoms with Gasteiger partial charge in [-0.05, 0) is 53.7 Å². The summed E-state index contributed by atoms with van der Waals surface area (Å²) in [6.07, 6.45) is 2.07. The van der Waals surface area contributed by atoms with Gasteiger partial charge in [-0.3, -0.25) is 0 Å². The van der Waals surface area contributed by atoms with Crippen LogP contribution < -0.4 is 0 Å². The van der Waals surface area contributed by atoms with Gasteiger partial charge in [0.2, 0.25) is 0 Å². The fraction of sp³-hybridized carbons (Fsp3) is 0.333. The van der Waals surface area contributed by atoms with Crippen LogP contribution in [0, 0.1) is 0 Å². The molecule has 3 aromatic rings. The van der Waals surface area contributed by atoms with Crippen LogP contribution in [0.15, 0.2) is 42.5 Å². The molecule has 2 heterocycles. The van der Waals surface area contributed by atoms with Crippen molar-refractivity contribution in [2.24, 2.45) is 0 Å². The lowest BCUT2D eigenvalue weighted by molar-refractivity contribution is -0.148. The second kappa shape index (κ2) is 8.74. The minimum Gasteiger partial charge on any atom is -0.457 e. The van der Waals surface area contributed by atoms with Crippen LogP contribution in [0.3, 0.4) is 0 Å². The Balaban J connectivity index is 2.15. The highest BCUT2D eigenvalue weighted by atomic mass is 35.5. The summed E-state index contributed by atoms with van der Waals surface area (Å²) < 4.78 is 12.2. The van der Waals surface area contributed by atoms with E-state index in [4.69, 9.17) is 21.1 Å². The summed E-state index contributed by atoms with van der Waals surface area (Å²) in [7, 11) is 0. The van der Waals surface area contributed by atoms with Crippen LogP contribution in [0.2, 0.25) is 5.15 Å². The van der Waals surface area contributed by atoms with Crippen molar-refractivity contribution in [2.45, 2.75) is 52.7 Å². The van der Waals surface area contributed by atoms with Gasteiger partial charge < -0.3 is 9.47 Å². The van der Waals surface area contributed by atoms with E-state index < -0.39 is 23.3 Å². The van der Waals surface area contributed by atoms with Crippen molar-refractivity contribution in [3.63, 3.8) is 0 Å². The summed E-state index contributed by atoms with van der Waals surface area (Å²) >= 11 is 6.45. The molecule has 0 aliphatic heterocycles. The first-order valence-corrected chi connectivity index (χ1v) is 10.5. The Bertz CT molecular complexity index is 1190. The number of nitrogens with zero attached hydrogens (tertiary/aromatic N) is 3. The number of halogens is 1. The van der Waals surface area contributed by atoms with E-state index in [9.17, 15) is 9.59 Å². The van der Waals surface area contributed by atoms with E-state index in [2.05, 4.69) is 9.97 Å². The molecule has 0 spiro atoms. The minimum atomic E-state index is -0.737. The smallest absolute Gasteiger partial charge is 0.420 e. The molecule has 0 atom stereocenters. The number of carbonyl (C=O) groups is 2. The molecule has 168 valence electrons. The standard InChI is InChI=1S/C24H26ClN3O4/c1-23(2,3)31-18(29)13-12-16-14-17-19(25)26-20(15-10-8-7-9-11-15)27-21(17)28(16)22(30)32-24(4,5)6/h7-14H,1-6H3. The first-order valence-electron chi connectivity index (χ1n) is 10.1. The van der Waals surface area contributed by atoms with Gasteiger partial charge in [0.1, 0.15) is 16.4 Å². The van der Waals surface area contributed by atoms with Crippen LogP contribution in [-0.4, -0.2) is 37.8 Å². The van der Waals surface area contributed by atoms with Gasteiger partial charge in [0.05, 0.1) is 11.1 Å². The summed E-state index contributed by atoms with van der Waals surface area (Å²) in [6, 6.07) is 10.9. The number of rotatable bonds is 3. The molecule has 0 bridgehead atoms. The predicted molar refractivity (Wildman–Crippen MR) is 124 cm³/mol. The molecule has 0 saturated carbocycles. The molecule has 0 radical (unpaired) electrons. The van der Waals surface area contributed by atoms with Crippen molar-refractivity contribution < 1.29 is 19.1 Å². The molecule has 0 saturated heterocycles. The van der Waals surface area contributed by atoms with Crippen molar-refractivity contribution >= 4 is 40.8 Å². The average molecular weight is 456 g/mol. The van der Waals surface area contributed by atoms with E-state index in [0.717, 1.165) is 5.56 Å². The number of aromatic nitrogens is 3. The maximum atomic E-state index is 13.1. The lowest BCUT2D eigenvalue weighted by Crippen LogP contribution is -2.27. The molecule has 0 N–H and O–H groups in total. The van der Waals surface area contributed by atoms with Crippen LogP contribution >= 0.6 is 11.6 Å². The lowest BCUT2D eigenvalue weighted by Gasteiger charge is -2.20. The molecule has 0 unspecified atom stereocenters. The number of fused-ring (bicyclic) bond motifs is 1. The van der Waals surface area contributed by atoms with E-state index in [0.29, 0.717) is 16.9 Å². The quantitative estimate of drug-likeness (QED) is 0.278. The molecule has 0 aliphatic carbocycles. The number of ether oxygens (including phenoxy) is 2. The van der Waals surface area contributed by atoms with Crippen LogP contribution in [0.25, 0.3) is 28.5 Å². The van der Waals surface area contributed by atoms with Gasteiger partial charge >= 0.3 is 12.1 Å². The largest absolute Gasteiger partial charge is 0.457 e. The zero-order chi connectivity index (χ0) is 23.7. The van der Waals surface area contributed by atoms with Gasteiger partial charge in [-0.2, -0.15) is 0 Å². The average Bonchev–Trinajstić information content (AvgIpc) is 3.03. The molecule has 3 rings (SSSR count). The maximum absolute atomic E-state index is 13.1. The van der Waals surface area contributed by atoms with Gasteiger partial charge in [0.15, 0.2) is 11.5 Å². The Morgan fingerprint density at radius 2 is 1.59 bits per heavy atom. The second-order valence-electron chi connectivity index (χ2n) is 9.19. The summed E-state index contributed by atoms with van der Waals surface area (Å²) in [4.78, 5) is 34.2. The maximum Gasteiger partial charge on any atom is 0.420 e. The highest BCUT2D eigenvalue weighted by Crippen LogP contribution is 2.29. The number of hydrogen-bond acceptors (Lipinski definition) is 6. The first-order chi connectivity index (χ1) is 14.8. The van der Waals surface area contributed by atoms with Crippen molar-refractivity contribution in [1.29, 1.82) is 0 Å². The molecule has 0 aliphatic rings. The van der Waals surface area contributed by atoms with Crippen molar-refractivity contribution in [3.8, 4) is 11.4 Å². The van der Waals surface area contributed by atoms with Crippen LogP contribution in [0.5, 0.6) is 0 Å². The number of esters is 1. The third kappa shape index (κ3) is 5.73. The van der Waals surface area contributed by atoms with Crippen molar-refractivity contribution in [2.75, 3.05) is 0 Å². The SMILES string of the molecule is CC(C)(C)OC(=O)C=Cc1cc2c(Cl)nc(-c3ccccc3)nc2n1C(=O)OC(C)(C)C. The highest BCUT2D eigenvalue weighted by Gasteiger charge is 2.24. The normalized spacial score (nSPS) is 12.3. The fourth-order valence-corrected chi connectivity index (χ4v) is 3.11. The van der Waals surface area contributed by atoms with Gasteiger partial charge in [-0.25, -0.2) is 24.1 Å². The third-order valence-corrected chi connectivity index (χ3v) is 4.33. The number of hydrogen-bond donors (Lipinski definition) is 0. The van der Waals surface area contributed by atoms with E-state index in [-0.39, 0.29) is 10.8 Å². The topological polar surface area (TPSA) is 83.3 Å². The predicted octanol–water partition coefficient (Wildman–Crippen LogP) is 5.89. The molecular weight excluding hydrogens is 430 g/mol. The van der Waals surface area contributed by atoms with Gasteiger partial charge in [0, 0.05) is 11.6 Å². The number of carbonyl (C=O) groups excluding carboxylic acids is 2. The molecule has 0 fully saturated rings. The Kier molecular flexibility index (Phi) is 6.41. The third-order valence-electron chi connectivity index (χ3n) is 4.05.